The van der Waals surface area contributed by atoms with Crippen molar-refractivity contribution in [3.8, 4) is 0 Å². The number of rotatable bonds is 6. The van der Waals surface area contributed by atoms with Crippen LogP contribution in [-0.2, 0) is 6.54 Å². The van der Waals surface area contributed by atoms with Crippen LogP contribution in [0.4, 0.5) is 0 Å². The van der Waals surface area contributed by atoms with Gasteiger partial charge in [0.05, 0.1) is 0 Å². The molecule has 0 amide bonds. The van der Waals surface area contributed by atoms with Crippen molar-refractivity contribution < 1.29 is 0 Å². The molecular weight excluding hydrogens is 234 g/mol. The zero-order valence-electron chi connectivity index (χ0n) is 12.6. The Hall–Kier alpha value is -0.830. The van der Waals surface area contributed by atoms with Gasteiger partial charge in [-0.2, -0.15) is 0 Å². The van der Waals surface area contributed by atoms with Crippen molar-refractivity contribution in [1.29, 1.82) is 0 Å². The molecule has 1 N–H and O–H groups in total. The van der Waals surface area contributed by atoms with E-state index >= 15 is 0 Å². The average Bonchev–Trinajstić information content (AvgIpc) is 2.74. The summed E-state index contributed by atoms with van der Waals surface area (Å²) in [6, 6.07) is 0.625. The zero-order chi connectivity index (χ0) is 13.5. The number of imidazole rings is 1. The second kappa shape index (κ2) is 7.68. The number of hydrogen-bond donors (Lipinski definition) is 1. The lowest BCUT2D eigenvalue weighted by Gasteiger charge is -2.26. The maximum Gasteiger partial charge on any atom is 0.113 e. The summed E-state index contributed by atoms with van der Waals surface area (Å²) in [5, 5.41) is 3.77. The third-order valence-electron chi connectivity index (χ3n) is 4.22. The highest BCUT2D eigenvalue weighted by Gasteiger charge is 2.27. The Morgan fingerprint density at radius 3 is 2.84 bits per heavy atom. The fourth-order valence-corrected chi connectivity index (χ4v) is 3.27. The number of nitrogens with zero attached hydrogens (tertiary/aromatic N) is 2. The van der Waals surface area contributed by atoms with Gasteiger partial charge < -0.3 is 9.88 Å². The minimum absolute atomic E-state index is 0.607. The molecule has 1 fully saturated rings. The van der Waals surface area contributed by atoms with Gasteiger partial charge in [-0.3, -0.25) is 0 Å². The van der Waals surface area contributed by atoms with Crippen molar-refractivity contribution in [1.82, 2.24) is 14.9 Å². The van der Waals surface area contributed by atoms with E-state index in [0.29, 0.717) is 12.0 Å². The first-order valence-corrected chi connectivity index (χ1v) is 8.11. The summed E-state index contributed by atoms with van der Waals surface area (Å²) >= 11 is 0. The second-order valence-electron chi connectivity index (χ2n) is 5.78. The molecule has 1 aliphatic rings. The van der Waals surface area contributed by atoms with Crippen molar-refractivity contribution in [3.05, 3.63) is 18.2 Å². The normalized spacial score (nSPS) is 24.3. The first kappa shape index (κ1) is 14.6. The van der Waals surface area contributed by atoms with Crippen LogP contribution in [-0.4, -0.2) is 22.1 Å². The molecule has 2 rings (SSSR count). The second-order valence-corrected chi connectivity index (χ2v) is 5.78. The summed E-state index contributed by atoms with van der Waals surface area (Å²) in [5.74, 6) is 1.92. The lowest BCUT2D eigenvalue weighted by molar-refractivity contribution is 0.387. The quantitative estimate of drug-likeness (QED) is 0.793. The molecule has 0 bridgehead atoms. The highest BCUT2D eigenvalue weighted by molar-refractivity contribution is 5.06. The van der Waals surface area contributed by atoms with E-state index < -0.39 is 0 Å². The fraction of sp³-hybridized carbons (Fsp3) is 0.812. The highest BCUT2D eigenvalue weighted by Crippen LogP contribution is 2.31. The molecule has 1 aromatic heterocycles. The van der Waals surface area contributed by atoms with Crippen molar-refractivity contribution >= 4 is 0 Å². The van der Waals surface area contributed by atoms with Gasteiger partial charge in [-0.15, -0.1) is 0 Å². The summed E-state index contributed by atoms with van der Waals surface area (Å²) in [5.41, 5.74) is 0. The molecule has 108 valence electrons. The number of aryl methyl sites for hydroxylation is 1. The van der Waals surface area contributed by atoms with Crippen LogP contribution in [0.15, 0.2) is 12.4 Å². The van der Waals surface area contributed by atoms with Gasteiger partial charge in [0.2, 0.25) is 0 Å². The van der Waals surface area contributed by atoms with E-state index in [9.17, 15) is 0 Å². The maximum absolute atomic E-state index is 4.68. The van der Waals surface area contributed by atoms with E-state index in [1.165, 1.54) is 50.8 Å². The van der Waals surface area contributed by atoms with Crippen LogP contribution in [0.25, 0.3) is 0 Å². The van der Waals surface area contributed by atoms with Gasteiger partial charge in [0, 0.05) is 30.9 Å². The van der Waals surface area contributed by atoms with Gasteiger partial charge in [-0.25, -0.2) is 4.98 Å². The monoisotopic (exact) mass is 263 g/mol. The molecule has 3 nitrogen and oxygen atoms in total. The van der Waals surface area contributed by atoms with Gasteiger partial charge in [0.25, 0.3) is 0 Å². The van der Waals surface area contributed by atoms with Gasteiger partial charge in [0.1, 0.15) is 5.82 Å². The molecule has 0 radical (unpaired) electrons. The Morgan fingerprint density at radius 1 is 1.21 bits per heavy atom. The third kappa shape index (κ3) is 3.82. The van der Waals surface area contributed by atoms with E-state index in [-0.39, 0.29) is 0 Å². The van der Waals surface area contributed by atoms with Gasteiger partial charge in [-0.05, 0) is 32.2 Å². The molecule has 0 aromatic carbocycles. The van der Waals surface area contributed by atoms with Crippen LogP contribution in [0.3, 0.4) is 0 Å². The predicted molar refractivity (Wildman–Crippen MR) is 80.4 cm³/mol. The van der Waals surface area contributed by atoms with E-state index in [1.54, 1.807) is 0 Å². The molecule has 3 heteroatoms. The standard InChI is InChI=1S/C16H29N3/c1-3-10-17-15-9-7-5-6-8-14(15)16-18-11-13-19(16)12-4-2/h11,13-15,17H,3-10,12H2,1-2H3. The van der Waals surface area contributed by atoms with Crippen LogP contribution < -0.4 is 5.32 Å². The predicted octanol–water partition coefficient (Wildman–Crippen LogP) is 3.71. The van der Waals surface area contributed by atoms with E-state index in [0.717, 1.165) is 13.1 Å². The largest absolute Gasteiger partial charge is 0.335 e. The number of aromatic nitrogens is 2. The maximum atomic E-state index is 4.68. The average molecular weight is 263 g/mol. The highest BCUT2D eigenvalue weighted by atomic mass is 15.1. The summed E-state index contributed by atoms with van der Waals surface area (Å²) < 4.78 is 2.37. The Labute approximate surface area is 117 Å². The Bertz CT molecular complexity index is 359. The molecule has 19 heavy (non-hydrogen) atoms. The first-order chi connectivity index (χ1) is 9.36. The zero-order valence-corrected chi connectivity index (χ0v) is 12.6. The van der Waals surface area contributed by atoms with Gasteiger partial charge >= 0.3 is 0 Å². The van der Waals surface area contributed by atoms with Crippen molar-refractivity contribution in [2.75, 3.05) is 6.54 Å². The molecule has 2 unspecified atom stereocenters. The Kier molecular flexibility index (Phi) is 5.90. The minimum Gasteiger partial charge on any atom is -0.335 e. The lowest BCUT2D eigenvalue weighted by atomic mass is 9.93. The third-order valence-corrected chi connectivity index (χ3v) is 4.22. The van der Waals surface area contributed by atoms with Crippen LogP contribution in [0.5, 0.6) is 0 Å². The molecule has 0 aliphatic heterocycles. The molecular formula is C16H29N3. The van der Waals surface area contributed by atoms with Crippen molar-refractivity contribution in [2.45, 2.75) is 77.3 Å². The number of hydrogen-bond acceptors (Lipinski definition) is 2. The summed E-state index contributed by atoms with van der Waals surface area (Å²) in [4.78, 5) is 4.68. The summed E-state index contributed by atoms with van der Waals surface area (Å²) in [7, 11) is 0. The number of nitrogens with one attached hydrogen (secondary N) is 1. The van der Waals surface area contributed by atoms with Crippen LogP contribution in [0.2, 0.25) is 0 Å². The van der Waals surface area contributed by atoms with Crippen LogP contribution >= 0.6 is 0 Å². The van der Waals surface area contributed by atoms with Gasteiger partial charge in [-0.1, -0.05) is 33.1 Å². The molecule has 1 saturated carbocycles. The Balaban J connectivity index is 2.13. The Morgan fingerprint density at radius 2 is 2.05 bits per heavy atom. The van der Waals surface area contributed by atoms with Crippen molar-refractivity contribution in [2.24, 2.45) is 0 Å². The summed E-state index contributed by atoms with van der Waals surface area (Å²) in [6.45, 7) is 6.72. The van der Waals surface area contributed by atoms with E-state index in [1.807, 2.05) is 6.20 Å². The fourth-order valence-electron chi connectivity index (χ4n) is 3.27. The molecule has 2 atom stereocenters. The molecule has 0 saturated heterocycles. The first-order valence-electron chi connectivity index (χ1n) is 8.11. The minimum atomic E-state index is 0.607. The van der Waals surface area contributed by atoms with E-state index in [2.05, 4.69) is 34.9 Å². The SMILES string of the molecule is CCCNC1CCCCCC1c1nccn1CCC. The smallest absolute Gasteiger partial charge is 0.113 e. The molecule has 1 aromatic rings. The van der Waals surface area contributed by atoms with Crippen molar-refractivity contribution in [3.63, 3.8) is 0 Å². The van der Waals surface area contributed by atoms with Crippen LogP contribution in [0, 0.1) is 0 Å². The van der Waals surface area contributed by atoms with Gasteiger partial charge in [0.15, 0.2) is 0 Å². The molecule has 1 aliphatic carbocycles. The molecule has 0 spiro atoms. The van der Waals surface area contributed by atoms with Crippen LogP contribution in [0.1, 0.15) is 70.5 Å². The van der Waals surface area contributed by atoms with E-state index in [4.69, 9.17) is 0 Å². The lowest BCUT2D eigenvalue weighted by Crippen LogP contribution is -2.36. The topological polar surface area (TPSA) is 29.9 Å². The molecule has 1 heterocycles. The summed E-state index contributed by atoms with van der Waals surface area (Å²) in [6.07, 6.45) is 13.2.